The van der Waals surface area contributed by atoms with E-state index in [9.17, 15) is 34.2 Å². The number of fused-ring (bicyclic) bond motifs is 5. The van der Waals surface area contributed by atoms with Crippen molar-refractivity contribution in [2.45, 2.75) is 110 Å². The summed E-state index contributed by atoms with van der Waals surface area (Å²) in [6.07, 6.45) is 7.87. The molecule has 40 heavy (non-hydrogen) atoms. The van der Waals surface area contributed by atoms with Crippen LogP contribution in [0.5, 0.6) is 0 Å². The number of hydrogen-bond donors (Lipinski definition) is 3. The lowest BCUT2D eigenvalue weighted by Crippen LogP contribution is -2.58. The molecule has 3 fully saturated rings. The highest BCUT2D eigenvalue weighted by Gasteiger charge is 2.66. The molecule has 8 atom stereocenters. The van der Waals surface area contributed by atoms with Gasteiger partial charge in [0.25, 0.3) is 0 Å². The van der Waals surface area contributed by atoms with Gasteiger partial charge in [0.1, 0.15) is 11.6 Å². The average Bonchev–Trinajstić information content (AvgIpc) is 3.20. The number of ketones is 2. The maximum atomic E-state index is 13.4. The van der Waals surface area contributed by atoms with Gasteiger partial charge in [0.15, 0.2) is 12.4 Å². The summed E-state index contributed by atoms with van der Waals surface area (Å²) >= 11 is 0. The molecule has 222 valence electrons. The molecule has 0 aromatic rings. The minimum atomic E-state index is -1.58. The Hall–Kier alpha value is -2.55. The first-order valence-corrected chi connectivity index (χ1v) is 14.9. The summed E-state index contributed by atoms with van der Waals surface area (Å²) in [7, 11) is 0. The van der Waals surface area contributed by atoms with Gasteiger partial charge in [-0.3, -0.25) is 19.2 Å². The van der Waals surface area contributed by atoms with Crippen molar-refractivity contribution in [3.05, 3.63) is 11.6 Å². The molecule has 0 bridgehead atoms. The van der Waals surface area contributed by atoms with Crippen molar-refractivity contribution < 1.29 is 38.9 Å². The standard InChI is InChI=1S/C31H45NO8/c1-5-18(2)27(28(37)38)32-25(35)8-9-26(36)40-17-24(34)31(39)15-12-23-21-7-6-19-16-20(33)10-13-29(19,3)22(21)11-14-30(23,31)4/h16,18,21-23,27,39H,5-15,17H2,1-4H3,(H,32,35)(H,37,38)/t18?,21-,22+,23+,27?,29+,30+,31+/m1/s1. The minimum Gasteiger partial charge on any atom is -0.480 e. The van der Waals surface area contributed by atoms with Gasteiger partial charge < -0.3 is 20.3 Å². The molecule has 0 heterocycles. The van der Waals surface area contributed by atoms with Crippen LogP contribution in [0.15, 0.2) is 11.6 Å². The number of hydrogen-bond acceptors (Lipinski definition) is 7. The highest BCUT2D eigenvalue weighted by Crippen LogP contribution is 2.67. The van der Waals surface area contributed by atoms with Gasteiger partial charge in [0, 0.05) is 18.3 Å². The predicted molar refractivity (Wildman–Crippen MR) is 146 cm³/mol. The van der Waals surface area contributed by atoms with E-state index in [0.717, 1.165) is 32.1 Å². The molecule has 3 N–H and O–H groups in total. The molecule has 0 spiro atoms. The van der Waals surface area contributed by atoms with Gasteiger partial charge in [0.2, 0.25) is 11.7 Å². The highest BCUT2D eigenvalue weighted by molar-refractivity contribution is 5.92. The zero-order valence-electron chi connectivity index (χ0n) is 24.3. The van der Waals surface area contributed by atoms with Crippen molar-refractivity contribution in [3.63, 3.8) is 0 Å². The lowest BCUT2D eigenvalue weighted by Gasteiger charge is -2.58. The third kappa shape index (κ3) is 5.26. The third-order valence-electron chi connectivity index (χ3n) is 11.3. The minimum absolute atomic E-state index is 0.00373. The summed E-state index contributed by atoms with van der Waals surface area (Å²) in [4.78, 5) is 61.4. The number of allylic oxidation sites excluding steroid dienone is 1. The van der Waals surface area contributed by atoms with Crippen molar-refractivity contribution in [2.75, 3.05) is 6.61 Å². The summed E-state index contributed by atoms with van der Waals surface area (Å²) in [5.41, 5.74) is -0.910. The highest BCUT2D eigenvalue weighted by atomic mass is 16.5. The lowest BCUT2D eigenvalue weighted by atomic mass is 9.46. The van der Waals surface area contributed by atoms with Crippen LogP contribution >= 0.6 is 0 Å². The van der Waals surface area contributed by atoms with Gasteiger partial charge in [0.05, 0.1) is 6.42 Å². The monoisotopic (exact) mass is 559 g/mol. The van der Waals surface area contributed by atoms with Gasteiger partial charge in [-0.05, 0) is 80.1 Å². The van der Waals surface area contributed by atoms with E-state index in [2.05, 4.69) is 12.2 Å². The number of aliphatic carboxylic acids is 1. The van der Waals surface area contributed by atoms with Crippen LogP contribution in [-0.4, -0.2) is 57.9 Å². The molecule has 0 radical (unpaired) electrons. The van der Waals surface area contributed by atoms with Gasteiger partial charge in [-0.2, -0.15) is 0 Å². The Morgan fingerprint density at radius 1 is 1.05 bits per heavy atom. The second-order valence-corrected chi connectivity index (χ2v) is 13.2. The van der Waals surface area contributed by atoms with Crippen LogP contribution in [0.4, 0.5) is 0 Å². The van der Waals surface area contributed by atoms with E-state index in [0.29, 0.717) is 37.5 Å². The van der Waals surface area contributed by atoms with Crippen molar-refractivity contribution in [3.8, 4) is 0 Å². The quantitative estimate of drug-likeness (QED) is 0.343. The molecular formula is C31H45NO8. The Labute approximate surface area is 236 Å². The van der Waals surface area contributed by atoms with Gasteiger partial charge >= 0.3 is 11.9 Å². The number of aliphatic hydroxyl groups is 1. The second-order valence-electron chi connectivity index (χ2n) is 13.2. The van der Waals surface area contributed by atoms with Crippen LogP contribution in [0, 0.1) is 34.5 Å². The fourth-order valence-corrected chi connectivity index (χ4v) is 8.52. The van der Waals surface area contributed by atoms with Gasteiger partial charge in [-0.1, -0.05) is 39.7 Å². The summed E-state index contributed by atoms with van der Waals surface area (Å²) < 4.78 is 5.20. The summed E-state index contributed by atoms with van der Waals surface area (Å²) in [6, 6.07) is -1.04. The molecule has 1 amide bonds. The molecule has 0 aliphatic heterocycles. The Bertz CT molecular complexity index is 1100. The van der Waals surface area contributed by atoms with Gasteiger partial charge in [-0.25, -0.2) is 4.79 Å². The maximum Gasteiger partial charge on any atom is 0.326 e. The van der Waals surface area contributed by atoms with E-state index >= 15 is 0 Å². The molecule has 2 unspecified atom stereocenters. The number of Topliss-reactive ketones (excluding diaryl/α,β-unsaturated/α-hetero) is 1. The SMILES string of the molecule is CCC(C)C(NC(=O)CCC(=O)OCC(=O)[C@@]1(O)CC[C@H]2[C@@H]3CCC4=CC(=O)CC[C@]4(C)[C@H]3CC[C@@]21C)C(=O)O. The number of carboxylic acid groups (broad SMARTS) is 1. The molecule has 9 nitrogen and oxygen atoms in total. The van der Waals surface area contributed by atoms with Crippen molar-refractivity contribution in [1.29, 1.82) is 0 Å². The van der Waals surface area contributed by atoms with Crippen LogP contribution < -0.4 is 5.32 Å². The Morgan fingerprint density at radius 2 is 1.75 bits per heavy atom. The number of carbonyl (C=O) groups excluding carboxylic acids is 4. The molecule has 0 saturated heterocycles. The van der Waals surface area contributed by atoms with Gasteiger partial charge in [-0.15, -0.1) is 0 Å². The molecule has 3 saturated carbocycles. The fourth-order valence-electron chi connectivity index (χ4n) is 8.52. The van der Waals surface area contributed by atoms with E-state index in [-0.39, 0.29) is 35.9 Å². The summed E-state index contributed by atoms with van der Waals surface area (Å²) in [5.74, 6) is -1.99. The number of amides is 1. The van der Waals surface area contributed by atoms with E-state index in [4.69, 9.17) is 4.74 Å². The number of nitrogens with one attached hydrogen (secondary N) is 1. The van der Waals surface area contributed by atoms with Crippen LogP contribution in [0.3, 0.4) is 0 Å². The average molecular weight is 560 g/mol. The molecule has 4 rings (SSSR count). The van der Waals surface area contributed by atoms with Crippen LogP contribution in [0.1, 0.15) is 98.3 Å². The van der Waals surface area contributed by atoms with Crippen molar-refractivity contribution in [1.82, 2.24) is 5.32 Å². The van der Waals surface area contributed by atoms with E-state index in [1.165, 1.54) is 5.57 Å². The lowest BCUT2D eigenvalue weighted by molar-refractivity contribution is -0.170. The molecule has 4 aliphatic carbocycles. The van der Waals surface area contributed by atoms with E-state index in [1.54, 1.807) is 6.92 Å². The van der Waals surface area contributed by atoms with Crippen molar-refractivity contribution in [2.24, 2.45) is 34.5 Å². The zero-order chi connectivity index (χ0) is 29.5. The Kier molecular flexibility index (Phi) is 8.65. The Morgan fingerprint density at radius 3 is 2.42 bits per heavy atom. The first kappa shape index (κ1) is 30.4. The predicted octanol–water partition coefficient (Wildman–Crippen LogP) is 3.76. The number of rotatable bonds is 10. The molecule has 4 aliphatic rings. The summed E-state index contributed by atoms with van der Waals surface area (Å²) in [6.45, 7) is 7.31. The number of ether oxygens (including phenoxy) is 1. The first-order valence-electron chi connectivity index (χ1n) is 14.9. The smallest absolute Gasteiger partial charge is 0.326 e. The van der Waals surface area contributed by atoms with Crippen LogP contribution in [0.2, 0.25) is 0 Å². The topological polar surface area (TPSA) is 147 Å². The van der Waals surface area contributed by atoms with Crippen molar-refractivity contribution >= 4 is 29.4 Å². The van der Waals surface area contributed by atoms with E-state index < -0.39 is 47.3 Å². The third-order valence-corrected chi connectivity index (χ3v) is 11.3. The molecule has 0 aromatic heterocycles. The van der Waals surface area contributed by atoms with E-state index in [1.807, 2.05) is 19.9 Å². The number of carboxylic acids is 1. The van der Waals surface area contributed by atoms with Crippen LogP contribution in [0.25, 0.3) is 0 Å². The normalized spacial score (nSPS) is 36.3. The number of esters is 1. The first-order chi connectivity index (χ1) is 18.8. The zero-order valence-corrected chi connectivity index (χ0v) is 24.3. The molecule has 9 heteroatoms. The summed E-state index contributed by atoms with van der Waals surface area (Å²) in [5, 5.41) is 23.6. The Balaban J connectivity index is 1.33. The number of carbonyl (C=O) groups is 5. The maximum absolute atomic E-state index is 13.4. The largest absolute Gasteiger partial charge is 0.480 e. The van der Waals surface area contributed by atoms with Crippen LogP contribution in [-0.2, 0) is 28.7 Å². The molecule has 0 aromatic carbocycles. The fraction of sp³-hybridized carbons (Fsp3) is 0.774. The second kappa shape index (κ2) is 11.4. The molecular weight excluding hydrogens is 514 g/mol.